The number of ether oxygens (including phenoxy) is 2. The molecule has 0 amide bonds. The number of carbonyl (C=O) groups excluding carboxylic acids is 1. The summed E-state index contributed by atoms with van der Waals surface area (Å²) in [6.07, 6.45) is 3.79. The Kier molecular flexibility index (Phi) is 3.71. The van der Waals surface area contributed by atoms with Crippen LogP contribution in [0.1, 0.15) is 26.2 Å². The lowest BCUT2D eigenvalue weighted by atomic mass is 9.95. The van der Waals surface area contributed by atoms with Crippen molar-refractivity contribution in [2.45, 2.75) is 32.3 Å². The second-order valence-corrected chi connectivity index (χ2v) is 3.13. The van der Waals surface area contributed by atoms with E-state index in [1.54, 1.807) is 0 Å². The average molecular weight is 183 g/mol. The van der Waals surface area contributed by atoms with Gasteiger partial charge < -0.3 is 9.47 Å². The van der Waals surface area contributed by atoms with Gasteiger partial charge in [-0.25, -0.2) is 0 Å². The highest BCUT2D eigenvalue weighted by Gasteiger charge is 2.28. The highest BCUT2D eigenvalue weighted by Crippen LogP contribution is 2.22. The molecule has 13 heavy (non-hydrogen) atoms. The predicted octanol–water partition coefficient (Wildman–Crippen LogP) is 1.22. The predicted molar refractivity (Wildman–Crippen MR) is 44.5 cm³/mol. The molecule has 0 aromatic carbocycles. The zero-order valence-corrected chi connectivity index (χ0v) is 7.66. The second kappa shape index (κ2) is 4.83. The standard InChI is InChI=1S/C9H13NO3/c1-2-8-5-7(3-4-12-8)9(11)13-6-10/h7-8H,2-5H2,1H3/t7-,8-/m0/s1. The van der Waals surface area contributed by atoms with Gasteiger partial charge in [-0.2, -0.15) is 0 Å². The molecule has 0 aromatic heterocycles. The van der Waals surface area contributed by atoms with Crippen molar-refractivity contribution < 1.29 is 14.3 Å². The van der Waals surface area contributed by atoms with Crippen molar-refractivity contribution in [1.29, 1.82) is 5.26 Å². The molecule has 72 valence electrons. The maximum Gasteiger partial charge on any atom is 0.324 e. The number of carbonyl (C=O) groups is 1. The van der Waals surface area contributed by atoms with Crippen LogP contribution < -0.4 is 0 Å². The van der Waals surface area contributed by atoms with E-state index in [-0.39, 0.29) is 12.0 Å². The van der Waals surface area contributed by atoms with Crippen molar-refractivity contribution in [2.75, 3.05) is 6.61 Å². The molecule has 0 aliphatic carbocycles. The Balaban J connectivity index is 2.42. The number of rotatable bonds is 2. The molecule has 1 aliphatic rings. The van der Waals surface area contributed by atoms with Crippen molar-refractivity contribution in [3.05, 3.63) is 0 Å². The molecule has 1 saturated heterocycles. The first-order valence-corrected chi connectivity index (χ1v) is 4.49. The molecule has 0 unspecified atom stereocenters. The van der Waals surface area contributed by atoms with E-state index < -0.39 is 5.97 Å². The van der Waals surface area contributed by atoms with Crippen LogP contribution in [0.4, 0.5) is 0 Å². The van der Waals surface area contributed by atoms with Crippen LogP contribution in [-0.4, -0.2) is 18.7 Å². The van der Waals surface area contributed by atoms with Crippen LogP contribution in [0.3, 0.4) is 0 Å². The van der Waals surface area contributed by atoms with Crippen molar-refractivity contribution >= 4 is 5.97 Å². The van der Waals surface area contributed by atoms with E-state index in [1.807, 2.05) is 6.92 Å². The SMILES string of the molecule is CC[C@H]1C[C@@H](C(=O)OC#N)CCO1. The summed E-state index contributed by atoms with van der Waals surface area (Å²) < 4.78 is 9.68. The molecule has 0 spiro atoms. The molecule has 4 nitrogen and oxygen atoms in total. The maximum absolute atomic E-state index is 11.2. The molecular formula is C9H13NO3. The third kappa shape index (κ3) is 2.71. The van der Waals surface area contributed by atoms with Gasteiger partial charge in [0, 0.05) is 6.61 Å². The fourth-order valence-electron chi connectivity index (χ4n) is 1.51. The Labute approximate surface area is 77.4 Å². The molecule has 2 atom stereocenters. The van der Waals surface area contributed by atoms with E-state index in [1.165, 1.54) is 6.26 Å². The number of hydrogen-bond acceptors (Lipinski definition) is 4. The Morgan fingerprint density at radius 2 is 2.54 bits per heavy atom. The number of hydrogen-bond donors (Lipinski definition) is 0. The average Bonchev–Trinajstić information content (AvgIpc) is 2.18. The van der Waals surface area contributed by atoms with E-state index in [4.69, 9.17) is 10.00 Å². The summed E-state index contributed by atoms with van der Waals surface area (Å²) in [4.78, 5) is 11.2. The highest BCUT2D eigenvalue weighted by atomic mass is 16.5. The zero-order chi connectivity index (χ0) is 9.68. The second-order valence-electron chi connectivity index (χ2n) is 3.13. The largest absolute Gasteiger partial charge is 0.378 e. The van der Waals surface area contributed by atoms with Crippen LogP contribution in [0.15, 0.2) is 0 Å². The molecular weight excluding hydrogens is 170 g/mol. The lowest BCUT2D eigenvalue weighted by molar-refractivity contribution is -0.147. The molecule has 0 aromatic rings. The van der Waals surface area contributed by atoms with Crippen LogP contribution in [0.25, 0.3) is 0 Å². The van der Waals surface area contributed by atoms with Gasteiger partial charge in [0.15, 0.2) is 0 Å². The summed E-state index contributed by atoms with van der Waals surface area (Å²) in [6, 6.07) is 0. The Hall–Kier alpha value is -1.08. The van der Waals surface area contributed by atoms with Crippen LogP contribution >= 0.6 is 0 Å². The maximum atomic E-state index is 11.2. The lowest BCUT2D eigenvalue weighted by Crippen LogP contribution is -2.30. The first-order chi connectivity index (χ1) is 6.27. The summed E-state index contributed by atoms with van der Waals surface area (Å²) >= 11 is 0. The van der Waals surface area contributed by atoms with E-state index >= 15 is 0 Å². The normalized spacial score (nSPS) is 27.7. The molecule has 1 rings (SSSR count). The van der Waals surface area contributed by atoms with Crippen molar-refractivity contribution in [3.63, 3.8) is 0 Å². The molecule has 1 fully saturated rings. The Morgan fingerprint density at radius 3 is 3.15 bits per heavy atom. The Bertz CT molecular complexity index is 221. The number of nitriles is 1. The van der Waals surface area contributed by atoms with Gasteiger partial charge in [-0.3, -0.25) is 4.79 Å². The fraction of sp³-hybridized carbons (Fsp3) is 0.778. The van der Waals surface area contributed by atoms with Gasteiger partial charge in [-0.1, -0.05) is 6.92 Å². The molecule has 1 heterocycles. The van der Waals surface area contributed by atoms with E-state index in [9.17, 15) is 4.79 Å². The van der Waals surface area contributed by atoms with Crippen LogP contribution in [0.5, 0.6) is 0 Å². The van der Waals surface area contributed by atoms with Gasteiger partial charge in [0.05, 0.1) is 12.0 Å². The summed E-state index contributed by atoms with van der Waals surface area (Å²) in [7, 11) is 0. The van der Waals surface area contributed by atoms with Crippen molar-refractivity contribution in [3.8, 4) is 6.26 Å². The first kappa shape index (κ1) is 10.0. The van der Waals surface area contributed by atoms with E-state index in [0.717, 1.165) is 6.42 Å². The van der Waals surface area contributed by atoms with Gasteiger partial charge in [0.1, 0.15) is 0 Å². The fourth-order valence-corrected chi connectivity index (χ4v) is 1.51. The minimum absolute atomic E-state index is 0.144. The van der Waals surface area contributed by atoms with Crippen LogP contribution in [-0.2, 0) is 14.3 Å². The van der Waals surface area contributed by atoms with Gasteiger partial charge in [-0.15, -0.1) is 5.26 Å². The van der Waals surface area contributed by atoms with E-state index in [2.05, 4.69) is 4.74 Å². The monoisotopic (exact) mass is 183 g/mol. The Morgan fingerprint density at radius 1 is 1.77 bits per heavy atom. The summed E-state index contributed by atoms with van der Waals surface area (Å²) in [5.41, 5.74) is 0. The van der Waals surface area contributed by atoms with Crippen molar-refractivity contribution in [2.24, 2.45) is 5.92 Å². The van der Waals surface area contributed by atoms with Gasteiger partial charge >= 0.3 is 5.97 Å². The first-order valence-electron chi connectivity index (χ1n) is 4.49. The van der Waals surface area contributed by atoms with Crippen LogP contribution in [0.2, 0.25) is 0 Å². The van der Waals surface area contributed by atoms with Crippen molar-refractivity contribution in [1.82, 2.24) is 0 Å². The minimum atomic E-state index is -0.413. The van der Waals surface area contributed by atoms with Gasteiger partial charge in [-0.05, 0) is 19.3 Å². The molecule has 0 radical (unpaired) electrons. The molecule has 0 bridgehead atoms. The lowest BCUT2D eigenvalue weighted by Gasteiger charge is -2.26. The summed E-state index contributed by atoms with van der Waals surface area (Å²) in [5.74, 6) is -0.567. The third-order valence-corrected chi connectivity index (χ3v) is 2.30. The number of nitrogens with zero attached hydrogens (tertiary/aromatic N) is 1. The van der Waals surface area contributed by atoms with Gasteiger partial charge in [0.25, 0.3) is 6.26 Å². The smallest absolute Gasteiger partial charge is 0.324 e. The highest BCUT2D eigenvalue weighted by molar-refractivity contribution is 5.73. The molecule has 1 aliphatic heterocycles. The quantitative estimate of drug-likeness (QED) is 0.477. The summed E-state index contributed by atoms with van der Waals surface area (Å²) in [5, 5.41) is 8.17. The third-order valence-electron chi connectivity index (χ3n) is 2.30. The topological polar surface area (TPSA) is 59.3 Å². The van der Waals surface area contributed by atoms with Gasteiger partial charge in [0.2, 0.25) is 0 Å². The minimum Gasteiger partial charge on any atom is -0.378 e. The summed E-state index contributed by atoms with van der Waals surface area (Å²) in [6.45, 7) is 2.60. The number of esters is 1. The van der Waals surface area contributed by atoms with E-state index in [0.29, 0.717) is 19.4 Å². The van der Waals surface area contributed by atoms with Crippen LogP contribution in [0, 0.1) is 17.4 Å². The molecule has 4 heteroatoms. The molecule has 0 saturated carbocycles. The molecule has 0 N–H and O–H groups in total. The zero-order valence-electron chi connectivity index (χ0n) is 7.66.